The van der Waals surface area contributed by atoms with E-state index in [0.29, 0.717) is 16.1 Å². The van der Waals surface area contributed by atoms with Gasteiger partial charge in [0, 0.05) is 65.0 Å². The highest BCUT2D eigenvalue weighted by Gasteiger charge is 2.20. The molecule has 1 aromatic heterocycles. The lowest BCUT2D eigenvalue weighted by Gasteiger charge is -2.27. The number of carbonyl (C=O) groups is 1. The van der Waals surface area contributed by atoms with E-state index in [2.05, 4.69) is 34.2 Å². The van der Waals surface area contributed by atoms with Crippen molar-refractivity contribution in [3.63, 3.8) is 0 Å². The number of aromatic nitrogens is 1. The molecular weight excluding hydrogens is 460 g/mol. The second-order valence-corrected chi connectivity index (χ2v) is 10.4. The van der Waals surface area contributed by atoms with Gasteiger partial charge in [-0.2, -0.15) is 0 Å². The zero-order valence-electron chi connectivity index (χ0n) is 22.0. The van der Waals surface area contributed by atoms with Crippen LogP contribution in [0.25, 0.3) is 0 Å². The lowest BCUT2D eigenvalue weighted by molar-refractivity contribution is 0.0950. The molecule has 192 valence electrons. The monoisotopic (exact) mass is 500 g/mol. The molecule has 0 radical (unpaired) electrons. The zero-order chi connectivity index (χ0) is 25.5. The van der Waals surface area contributed by atoms with E-state index >= 15 is 0 Å². The molecule has 1 fully saturated rings. The number of carbonyl (C=O) groups excluding carboxylic acids is 1. The van der Waals surface area contributed by atoms with Crippen LogP contribution in [0.1, 0.15) is 78.3 Å². The van der Waals surface area contributed by atoms with Crippen molar-refractivity contribution in [1.82, 2.24) is 14.8 Å². The van der Waals surface area contributed by atoms with Crippen molar-refractivity contribution in [2.45, 2.75) is 84.8 Å². The van der Waals surface area contributed by atoms with Gasteiger partial charge in [-0.05, 0) is 78.2 Å². The first-order valence-corrected chi connectivity index (χ1v) is 13.3. The molecule has 1 aromatic carbocycles. The lowest BCUT2D eigenvalue weighted by atomic mass is 9.95. The Morgan fingerprint density at radius 1 is 1.11 bits per heavy atom. The number of benzene rings is 1. The SMILES string of the molecule is CCNc1cc(Cl)cc(C(=O)NCc2c3n(c(C)cc2=O)CCC3)c1C.CN(C)C1CCCCC1. The van der Waals surface area contributed by atoms with Crippen LogP contribution in [-0.4, -0.2) is 42.1 Å². The predicted molar refractivity (Wildman–Crippen MR) is 146 cm³/mol. The summed E-state index contributed by atoms with van der Waals surface area (Å²) in [6, 6.07) is 6.03. The van der Waals surface area contributed by atoms with Gasteiger partial charge in [-0.15, -0.1) is 0 Å². The molecule has 0 spiro atoms. The summed E-state index contributed by atoms with van der Waals surface area (Å²) < 4.78 is 2.18. The van der Waals surface area contributed by atoms with E-state index in [-0.39, 0.29) is 17.9 Å². The van der Waals surface area contributed by atoms with Crippen molar-refractivity contribution in [3.05, 3.63) is 61.5 Å². The molecule has 0 saturated heterocycles. The molecule has 1 aliphatic heterocycles. The standard InChI is InChI=1S/C20H24ClN3O2.C8H17N/c1-4-22-17-10-14(21)9-15(13(17)3)20(26)23-11-16-18-6-5-7-24(18)12(2)8-19(16)25;1-9(2)8-6-4-3-5-7-8/h8-10,22H,4-7,11H2,1-3H3,(H,23,26);8H,3-7H2,1-2H3. The second kappa shape index (κ2) is 12.6. The molecule has 4 rings (SSSR count). The molecule has 2 N–H and O–H groups in total. The largest absolute Gasteiger partial charge is 0.385 e. The predicted octanol–water partition coefficient (Wildman–Crippen LogP) is 5.31. The molecule has 0 atom stereocenters. The smallest absolute Gasteiger partial charge is 0.251 e. The average molecular weight is 501 g/mol. The van der Waals surface area contributed by atoms with Gasteiger partial charge in [-0.25, -0.2) is 0 Å². The minimum Gasteiger partial charge on any atom is -0.385 e. The van der Waals surface area contributed by atoms with Crippen LogP contribution in [0.3, 0.4) is 0 Å². The number of halogens is 1. The number of hydrogen-bond acceptors (Lipinski definition) is 4. The van der Waals surface area contributed by atoms with E-state index in [0.717, 1.165) is 54.6 Å². The molecule has 0 unspecified atom stereocenters. The molecular formula is C28H41ClN4O2. The first kappa shape index (κ1) is 27.3. The number of pyridine rings is 1. The van der Waals surface area contributed by atoms with Gasteiger partial charge in [-0.1, -0.05) is 30.9 Å². The molecule has 7 heteroatoms. The Hall–Kier alpha value is -2.31. The van der Waals surface area contributed by atoms with Gasteiger partial charge in [0.15, 0.2) is 5.43 Å². The summed E-state index contributed by atoms with van der Waals surface area (Å²) in [7, 11) is 4.38. The summed E-state index contributed by atoms with van der Waals surface area (Å²) in [5.41, 5.74) is 4.93. The summed E-state index contributed by atoms with van der Waals surface area (Å²) in [5, 5.41) is 6.63. The minimum absolute atomic E-state index is 0.00731. The maximum atomic E-state index is 12.7. The third-order valence-corrected chi connectivity index (χ3v) is 7.47. The number of nitrogens with zero attached hydrogens (tertiary/aromatic N) is 2. The minimum atomic E-state index is -0.221. The van der Waals surface area contributed by atoms with Crippen molar-refractivity contribution in [2.75, 3.05) is 26.0 Å². The Bertz CT molecular complexity index is 1090. The van der Waals surface area contributed by atoms with Crippen molar-refractivity contribution in [1.29, 1.82) is 0 Å². The van der Waals surface area contributed by atoms with E-state index in [1.54, 1.807) is 12.1 Å². The number of rotatable bonds is 6. The topological polar surface area (TPSA) is 66.4 Å². The maximum absolute atomic E-state index is 12.7. The average Bonchev–Trinajstić information content (AvgIpc) is 3.32. The van der Waals surface area contributed by atoms with Gasteiger partial charge in [0.2, 0.25) is 0 Å². The highest BCUT2D eigenvalue weighted by Crippen LogP contribution is 2.25. The number of fused-ring (bicyclic) bond motifs is 1. The number of nitrogens with one attached hydrogen (secondary N) is 2. The van der Waals surface area contributed by atoms with Crippen LogP contribution in [0.15, 0.2) is 23.0 Å². The van der Waals surface area contributed by atoms with Gasteiger partial charge in [-0.3, -0.25) is 9.59 Å². The fraction of sp³-hybridized carbons (Fsp3) is 0.571. The molecule has 2 heterocycles. The number of aryl methyl sites for hydroxylation is 1. The summed E-state index contributed by atoms with van der Waals surface area (Å²) in [4.78, 5) is 27.5. The first-order valence-electron chi connectivity index (χ1n) is 12.9. The van der Waals surface area contributed by atoms with Gasteiger partial charge in [0.05, 0.1) is 0 Å². The summed E-state index contributed by atoms with van der Waals surface area (Å²) in [6.45, 7) is 7.75. The third kappa shape index (κ3) is 6.89. The highest BCUT2D eigenvalue weighted by atomic mass is 35.5. The number of hydrogen-bond donors (Lipinski definition) is 2. The molecule has 1 amide bonds. The first-order chi connectivity index (χ1) is 16.7. The highest BCUT2D eigenvalue weighted by molar-refractivity contribution is 6.31. The zero-order valence-corrected chi connectivity index (χ0v) is 22.7. The van der Waals surface area contributed by atoms with Gasteiger partial charge in [0.1, 0.15) is 0 Å². The lowest BCUT2D eigenvalue weighted by Crippen LogP contribution is -2.29. The number of amides is 1. The van der Waals surface area contributed by atoms with E-state index in [1.165, 1.54) is 32.1 Å². The quantitative estimate of drug-likeness (QED) is 0.564. The summed E-state index contributed by atoms with van der Waals surface area (Å²) >= 11 is 6.16. The molecule has 1 aliphatic carbocycles. The van der Waals surface area contributed by atoms with E-state index in [9.17, 15) is 9.59 Å². The van der Waals surface area contributed by atoms with Gasteiger partial charge < -0.3 is 20.1 Å². The Kier molecular flexibility index (Phi) is 9.81. The van der Waals surface area contributed by atoms with Gasteiger partial charge >= 0.3 is 0 Å². The van der Waals surface area contributed by atoms with Crippen LogP contribution in [0, 0.1) is 13.8 Å². The molecule has 2 aliphatic rings. The van der Waals surface area contributed by atoms with Crippen LogP contribution in [0.5, 0.6) is 0 Å². The van der Waals surface area contributed by atoms with E-state index in [4.69, 9.17) is 11.6 Å². The maximum Gasteiger partial charge on any atom is 0.251 e. The van der Waals surface area contributed by atoms with E-state index < -0.39 is 0 Å². The molecule has 2 aromatic rings. The third-order valence-electron chi connectivity index (χ3n) is 7.25. The van der Waals surface area contributed by atoms with Crippen LogP contribution < -0.4 is 16.1 Å². The van der Waals surface area contributed by atoms with Crippen LogP contribution in [0.2, 0.25) is 5.02 Å². The van der Waals surface area contributed by atoms with Gasteiger partial charge in [0.25, 0.3) is 5.91 Å². The fourth-order valence-corrected chi connectivity index (χ4v) is 5.43. The Labute approximate surface area is 215 Å². The molecule has 1 saturated carbocycles. The van der Waals surface area contributed by atoms with Crippen LogP contribution in [-0.2, 0) is 19.5 Å². The molecule has 0 bridgehead atoms. The van der Waals surface area contributed by atoms with Crippen molar-refractivity contribution < 1.29 is 4.79 Å². The molecule has 35 heavy (non-hydrogen) atoms. The van der Waals surface area contributed by atoms with Crippen LogP contribution in [0.4, 0.5) is 5.69 Å². The second-order valence-electron chi connectivity index (χ2n) is 9.92. The molecule has 6 nitrogen and oxygen atoms in total. The Morgan fingerprint density at radius 3 is 2.46 bits per heavy atom. The fourth-order valence-electron chi connectivity index (χ4n) is 5.21. The van der Waals surface area contributed by atoms with E-state index in [1.807, 2.05) is 26.8 Å². The van der Waals surface area contributed by atoms with Crippen LogP contribution >= 0.6 is 11.6 Å². The van der Waals surface area contributed by atoms with Crippen molar-refractivity contribution in [3.8, 4) is 0 Å². The Balaban J connectivity index is 0.000000320. The van der Waals surface area contributed by atoms with Crippen molar-refractivity contribution in [2.24, 2.45) is 0 Å². The normalized spacial score (nSPS) is 15.4. The summed E-state index contributed by atoms with van der Waals surface area (Å²) in [5.74, 6) is -0.221. The van der Waals surface area contributed by atoms with Crippen molar-refractivity contribution >= 4 is 23.2 Å². The summed E-state index contributed by atoms with van der Waals surface area (Å²) in [6.07, 6.45) is 9.11. The Morgan fingerprint density at radius 2 is 1.83 bits per heavy atom. The number of anilines is 1.